The molecule has 4 aliphatic rings. The van der Waals surface area contributed by atoms with Crippen LogP contribution in [0.2, 0.25) is 0 Å². The Morgan fingerprint density at radius 3 is 2.50 bits per heavy atom. The molecule has 0 saturated heterocycles. The van der Waals surface area contributed by atoms with E-state index in [-0.39, 0.29) is 44.5 Å². The van der Waals surface area contributed by atoms with E-state index in [1.807, 2.05) is 0 Å². The minimum atomic E-state index is -3.78. The summed E-state index contributed by atoms with van der Waals surface area (Å²) >= 11 is 0.398. The molecule has 7 nitrogen and oxygen atoms in total. The minimum Gasteiger partial charge on any atom is -0.390 e. The normalized spacial score (nSPS) is 42.3. The molecule has 0 unspecified atom stereocenters. The molecule has 3 saturated carbocycles. The topological polar surface area (TPSA) is 99.1 Å². The minimum absolute atomic E-state index is 0.00495. The fraction of sp³-hybridized carbons (Fsp3) is 0.769. The molecule has 0 heterocycles. The lowest BCUT2D eigenvalue weighted by Gasteiger charge is -2.63. The second kappa shape index (κ2) is 10.5. The number of hydrogen-bond acceptors (Lipinski definition) is 8. The summed E-state index contributed by atoms with van der Waals surface area (Å²) in [6.07, 6.45) is -0.433. The molecule has 3 fully saturated rings. The van der Waals surface area contributed by atoms with E-state index in [2.05, 4.69) is 0 Å². The van der Waals surface area contributed by atoms with Crippen molar-refractivity contribution >= 4 is 30.3 Å². The van der Waals surface area contributed by atoms with E-state index >= 15 is 8.78 Å². The standard InChI is InChI=1S/C26H36F3O7PS/c1-5-35-37(33,36-6-2)15-34-25(22(32)38-14-27)10-8-17-18-12-20(28)19-11-16(30)7-9-23(19,3)26(18,29)21(31)13-24(17,25)4/h7,9,11,17-18,20-21,31H,5-6,8,10,12-15H2,1-4H3/t17-,18-,20-,21-,23-,24-,25-,26-/m0/s1. The number of hydrogen-bond donors (Lipinski definition) is 1. The molecule has 0 aromatic rings. The highest BCUT2D eigenvalue weighted by atomic mass is 32.2. The van der Waals surface area contributed by atoms with Crippen LogP contribution in [0.15, 0.2) is 23.8 Å². The number of aliphatic hydroxyl groups is 1. The summed E-state index contributed by atoms with van der Waals surface area (Å²) in [4.78, 5) is 25.5. The van der Waals surface area contributed by atoms with Gasteiger partial charge < -0.3 is 18.9 Å². The number of ether oxygens (including phenoxy) is 1. The second-order valence-electron chi connectivity index (χ2n) is 11.0. The third-order valence-corrected chi connectivity index (χ3v) is 11.8. The van der Waals surface area contributed by atoms with E-state index in [0.717, 1.165) is 6.08 Å². The van der Waals surface area contributed by atoms with Crippen molar-refractivity contribution in [3.05, 3.63) is 23.8 Å². The number of thioether (sulfide) groups is 1. The first kappa shape index (κ1) is 30.0. The average Bonchev–Trinajstić information content (AvgIpc) is 3.14. The van der Waals surface area contributed by atoms with Gasteiger partial charge in [-0.2, -0.15) is 0 Å². The molecule has 4 rings (SSSR count). The molecular formula is C26H36F3O7PS. The van der Waals surface area contributed by atoms with Crippen molar-refractivity contribution in [3.8, 4) is 0 Å². The molecule has 0 aromatic carbocycles. The smallest absolute Gasteiger partial charge is 0.356 e. The van der Waals surface area contributed by atoms with Gasteiger partial charge in [0.1, 0.15) is 24.1 Å². The lowest BCUT2D eigenvalue weighted by Crippen LogP contribution is -2.70. The van der Waals surface area contributed by atoms with Crippen molar-refractivity contribution in [1.29, 1.82) is 0 Å². The molecule has 0 amide bonds. The van der Waals surface area contributed by atoms with Crippen LogP contribution in [0.3, 0.4) is 0 Å². The van der Waals surface area contributed by atoms with Crippen LogP contribution in [0.5, 0.6) is 0 Å². The Labute approximate surface area is 225 Å². The Morgan fingerprint density at radius 2 is 1.89 bits per heavy atom. The number of alkyl halides is 3. The number of aliphatic hydroxyl groups excluding tert-OH is 1. The molecule has 0 radical (unpaired) electrons. The molecule has 8 atom stereocenters. The van der Waals surface area contributed by atoms with E-state index in [1.54, 1.807) is 20.8 Å². The Balaban J connectivity index is 1.77. The van der Waals surface area contributed by atoms with Crippen LogP contribution in [0.25, 0.3) is 0 Å². The van der Waals surface area contributed by atoms with Gasteiger partial charge in [-0.1, -0.05) is 24.8 Å². The van der Waals surface area contributed by atoms with Crippen LogP contribution in [-0.4, -0.2) is 65.1 Å². The molecule has 12 heteroatoms. The van der Waals surface area contributed by atoms with Crippen molar-refractivity contribution in [2.24, 2.45) is 22.7 Å². The summed E-state index contributed by atoms with van der Waals surface area (Å²) in [6.45, 7) is 6.56. The monoisotopic (exact) mass is 580 g/mol. The Morgan fingerprint density at radius 1 is 1.24 bits per heavy atom. The van der Waals surface area contributed by atoms with Gasteiger partial charge in [0.25, 0.3) is 0 Å². The zero-order chi connectivity index (χ0) is 28.1. The summed E-state index contributed by atoms with van der Waals surface area (Å²) in [5.74, 6) is -2.08. The number of carbonyl (C=O) groups excluding carboxylic acids is 2. The number of ketones is 1. The van der Waals surface area contributed by atoms with Crippen LogP contribution in [0, 0.1) is 22.7 Å². The van der Waals surface area contributed by atoms with Gasteiger partial charge in [-0.05, 0) is 70.1 Å². The largest absolute Gasteiger partial charge is 0.390 e. The van der Waals surface area contributed by atoms with Crippen molar-refractivity contribution in [3.63, 3.8) is 0 Å². The Bertz CT molecular complexity index is 1080. The molecule has 0 aliphatic heterocycles. The SMILES string of the molecule is CCOP(=O)(CO[C@]1(C(=O)SCF)CC[C@H]2[C@@H]3C[C@H](F)C4=CC(=O)C=C[C@]4(C)[C@@]3(F)[C@@H](O)C[C@@]21C)OCC. The van der Waals surface area contributed by atoms with Crippen molar-refractivity contribution in [2.75, 3.05) is 25.6 Å². The highest BCUT2D eigenvalue weighted by Gasteiger charge is 2.76. The molecule has 38 heavy (non-hydrogen) atoms. The highest BCUT2D eigenvalue weighted by molar-refractivity contribution is 8.13. The van der Waals surface area contributed by atoms with Gasteiger partial charge in [0, 0.05) is 16.7 Å². The number of fused-ring (bicyclic) bond motifs is 5. The van der Waals surface area contributed by atoms with Crippen LogP contribution >= 0.6 is 19.4 Å². The molecule has 0 bridgehead atoms. The van der Waals surface area contributed by atoms with Crippen LogP contribution < -0.4 is 0 Å². The molecule has 0 aromatic heterocycles. The molecule has 1 N–H and O–H groups in total. The van der Waals surface area contributed by atoms with Crippen molar-refractivity contribution in [2.45, 2.75) is 76.9 Å². The van der Waals surface area contributed by atoms with E-state index in [4.69, 9.17) is 13.8 Å². The fourth-order valence-corrected chi connectivity index (χ4v) is 9.80. The molecule has 214 valence electrons. The average molecular weight is 581 g/mol. The second-order valence-corrected chi connectivity index (χ2v) is 13.9. The lowest BCUT2D eigenvalue weighted by molar-refractivity contribution is -0.224. The zero-order valence-electron chi connectivity index (χ0n) is 22.1. The third kappa shape index (κ3) is 4.22. The van der Waals surface area contributed by atoms with Crippen LogP contribution in [0.1, 0.15) is 53.4 Å². The summed E-state index contributed by atoms with van der Waals surface area (Å²) in [6, 6.07) is -1.03. The van der Waals surface area contributed by atoms with Gasteiger partial charge in [-0.25, -0.2) is 13.2 Å². The zero-order valence-corrected chi connectivity index (χ0v) is 23.8. The van der Waals surface area contributed by atoms with Gasteiger partial charge in [-0.15, -0.1) is 0 Å². The van der Waals surface area contributed by atoms with Gasteiger partial charge in [0.05, 0.1) is 19.3 Å². The summed E-state index contributed by atoms with van der Waals surface area (Å²) in [5.41, 5.74) is -6.85. The van der Waals surface area contributed by atoms with E-state index < -0.39 is 77.1 Å². The Hall–Kier alpha value is -0.970. The van der Waals surface area contributed by atoms with Gasteiger partial charge in [0.15, 0.2) is 11.5 Å². The van der Waals surface area contributed by atoms with E-state index in [1.165, 1.54) is 19.1 Å². The van der Waals surface area contributed by atoms with Gasteiger partial charge >= 0.3 is 7.60 Å². The number of allylic oxidation sites excluding steroid dienone is 4. The van der Waals surface area contributed by atoms with Gasteiger partial charge in [-0.3, -0.25) is 14.2 Å². The van der Waals surface area contributed by atoms with Crippen molar-refractivity contribution in [1.82, 2.24) is 0 Å². The molecule has 0 spiro atoms. The quantitative estimate of drug-likeness (QED) is 0.359. The number of carbonyl (C=O) groups is 2. The maximum atomic E-state index is 17.3. The predicted molar refractivity (Wildman–Crippen MR) is 137 cm³/mol. The lowest BCUT2D eigenvalue weighted by atomic mass is 9.44. The van der Waals surface area contributed by atoms with E-state index in [0.29, 0.717) is 11.8 Å². The van der Waals surface area contributed by atoms with Crippen molar-refractivity contribution < 1.29 is 46.2 Å². The number of rotatable bonds is 9. The predicted octanol–water partition coefficient (Wildman–Crippen LogP) is 5.47. The van der Waals surface area contributed by atoms with Gasteiger partial charge in [0.2, 0.25) is 5.12 Å². The first-order chi connectivity index (χ1) is 17.8. The summed E-state index contributed by atoms with van der Waals surface area (Å²) in [5, 5.41) is 10.8. The van der Waals surface area contributed by atoms with Crippen LogP contribution in [-0.2, 0) is 27.9 Å². The van der Waals surface area contributed by atoms with E-state index in [9.17, 15) is 23.7 Å². The maximum Gasteiger partial charge on any atom is 0.356 e. The highest BCUT2D eigenvalue weighted by Crippen LogP contribution is 2.71. The number of halogens is 3. The first-order valence-corrected chi connectivity index (χ1v) is 15.7. The maximum absolute atomic E-state index is 17.3. The summed E-state index contributed by atoms with van der Waals surface area (Å²) < 4.78 is 76.3. The molecular weight excluding hydrogens is 544 g/mol. The first-order valence-electron chi connectivity index (χ1n) is 13.0. The van der Waals surface area contributed by atoms with Crippen LogP contribution in [0.4, 0.5) is 13.2 Å². The third-order valence-electron chi connectivity index (χ3n) is 9.38. The summed E-state index contributed by atoms with van der Waals surface area (Å²) in [7, 11) is -3.78. The fourth-order valence-electron chi connectivity index (χ4n) is 7.68. The Kier molecular flexibility index (Phi) is 8.25. The molecule has 4 aliphatic carbocycles.